The Bertz CT molecular complexity index is 1340. The van der Waals surface area contributed by atoms with Gasteiger partial charge in [-0.2, -0.15) is 0 Å². The van der Waals surface area contributed by atoms with Crippen molar-refractivity contribution in [2.24, 2.45) is 0 Å². The van der Waals surface area contributed by atoms with Crippen molar-refractivity contribution in [2.75, 3.05) is 24.5 Å². The molecule has 1 unspecified atom stereocenters. The largest absolute Gasteiger partial charge is 0.444 e. The van der Waals surface area contributed by atoms with Gasteiger partial charge in [0.05, 0.1) is 11.4 Å². The van der Waals surface area contributed by atoms with Crippen LogP contribution in [0, 0.1) is 13.8 Å². The van der Waals surface area contributed by atoms with Crippen molar-refractivity contribution in [1.82, 2.24) is 19.9 Å². The molecule has 3 heterocycles. The third-order valence-corrected chi connectivity index (χ3v) is 7.13. The van der Waals surface area contributed by atoms with Crippen molar-refractivity contribution < 1.29 is 9.53 Å². The number of amides is 1. The first kappa shape index (κ1) is 32.1. The Morgan fingerprint density at radius 1 is 1.12 bits per heavy atom. The predicted molar refractivity (Wildman–Crippen MR) is 169 cm³/mol. The van der Waals surface area contributed by atoms with Crippen LogP contribution in [-0.2, 0) is 11.2 Å². The van der Waals surface area contributed by atoms with Crippen molar-refractivity contribution in [3.8, 4) is 0 Å². The molecule has 3 aromatic rings. The lowest BCUT2D eigenvalue weighted by Gasteiger charge is -2.41. The molecule has 1 aliphatic heterocycles. The summed E-state index contributed by atoms with van der Waals surface area (Å²) in [5.41, 5.74) is 6.00. The highest BCUT2D eigenvalue weighted by molar-refractivity contribution is 6.30. The predicted octanol–water partition coefficient (Wildman–Crippen LogP) is 7.68. The first-order chi connectivity index (χ1) is 19.4. The monoisotopic (exact) mass is 577 g/mol. The van der Waals surface area contributed by atoms with Crippen molar-refractivity contribution in [1.29, 1.82) is 0 Å². The van der Waals surface area contributed by atoms with E-state index in [0.717, 1.165) is 39.8 Å². The van der Waals surface area contributed by atoms with E-state index in [1.165, 1.54) is 17.5 Å². The SMILES string of the molecule is C/C=C(/c1ccccn1)c1c(C)ncnc1N1CCN(C(=O)OC(C)(C)C)CC1C.CCCc1cc(Cl)ccc1C. The van der Waals surface area contributed by atoms with Crippen molar-refractivity contribution in [3.63, 3.8) is 0 Å². The molecule has 0 bridgehead atoms. The molecule has 1 fully saturated rings. The number of benzene rings is 1. The topological polar surface area (TPSA) is 71.5 Å². The van der Waals surface area contributed by atoms with E-state index in [1.807, 2.05) is 58.9 Å². The number of nitrogens with zero attached hydrogens (tertiary/aromatic N) is 5. The fourth-order valence-corrected chi connectivity index (χ4v) is 5.07. The summed E-state index contributed by atoms with van der Waals surface area (Å²) < 4.78 is 5.55. The molecule has 0 spiro atoms. The zero-order valence-electron chi connectivity index (χ0n) is 25.7. The Labute approximate surface area is 250 Å². The number of aromatic nitrogens is 3. The third kappa shape index (κ3) is 8.77. The average molecular weight is 578 g/mol. The minimum Gasteiger partial charge on any atom is -0.444 e. The van der Waals surface area contributed by atoms with E-state index in [4.69, 9.17) is 16.3 Å². The molecule has 0 saturated carbocycles. The van der Waals surface area contributed by atoms with E-state index in [1.54, 1.807) is 17.4 Å². The molecule has 7 nitrogen and oxygen atoms in total. The maximum Gasteiger partial charge on any atom is 0.410 e. The van der Waals surface area contributed by atoms with Gasteiger partial charge in [-0.25, -0.2) is 14.8 Å². The molecule has 0 N–H and O–H groups in total. The minimum absolute atomic E-state index is 0.0844. The van der Waals surface area contributed by atoms with Gasteiger partial charge in [0.2, 0.25) is 0 Å². The number of anilines is 1. The van der Waals surface area contributed by atoms with Gasteiger partial charge in [-0.15, -0.1) is 0 Å². The standard InChI is InChI=1S/C23H31N5O2.C10H13Cl/c1-7-18(19-10-8-9-11-24-19)20-17(3)25-15-26-21(20)28-13-12-27(14-16(28)2)22(29)30-23(4,5)6;1-3-4-9-7-10(11)6-5-8(9)2/h7-11,15-16H,12-14H2,1-6H3;5-7H,3-4H2,1-2H3/b18-7-;. The molecule has 220 valence electrons. The highest BCUT2D eigenvalue weighted by atomic mass is 35.5. The summed E-state index contributed by atoms with van der Waals surface area (Å²) in [5, 5.41) is 0.846. The zero-order chi connectivity index (χ0) is 30.2. The molecule has 41 heavy (non-hydrogen) atoms. The lowest BCUT2D eigenvalue weighted by Crippen LogP contribution is -2.55. The highest BCUT2D eigenvalue weighted by Gasteiger charge is 2.32. The average Bonchev–Trinajstić information content (AvgIpc) is 2.92. The Kier molecular flexibility index (Phi) is 11.3. The summed E-state index contributed by atoms with van der Waals surface area (Å²) in [6.07, 6.45) is 7.50. The minimum atomic E-state index is -0.502. The molecular weight excluding hydrogens is 534 g/mol. The van der Waals surface area contributed by atoms with Gasteiger partial charge in [0.1, 0.15) is 17.7 Å². The summed E-state index contributed by atoms with van der Waals surface area (Å²) in [6.45, 7) is 17.9. The van der Waals surface area contributed by atoms with E-state index >= 15 is 0 Å². The van der Waals surface area contributed by atoms with Gasteiger partial charge in [-0.1, -0.05) is 43.2 Å². The fraction of sp³-hybridized carbons (Fsp3) is 0.455. The molecule has 4 rings (SSSR count). The number of hydrogen-bond acceptors (Lipinski definition) is 6. The highest BCUT2D eigenvalue weighted by Crippen LogP contribution is 2.33. The Morgan fingerprint density at radius 2 is 1.88 bits per heavy atom. The number of rotatable bonds is 5. The van der Waals surface area contributed by atoms with Gasteiger partial charge in [-0.05, 0) is 90.3 Å². The van der Waals surface area contributed by atoms with E-state index in [-0.39, 0.29) is 12.1 Å². The number of carbonyl (C=O) groups is 1. The molecule has 8 heteroatoms. The van der Waals surface area contributed by atoms with E-state index in [0.29, 0.717) is 19.6 Å². The van der Waals surface area contributed by atoms with E-state index in [2.05, 4.69) is 58.8 Å². The second-order valence-electron chi connectivity index (χ2n) is 11.4. The Balaban J connectivity index is 0.000000352. The maximum atomic E-state index is 12.5. The molecule has 2 aromatic heterocycles. The Hall–Kier alpha value is -3.45. The van der Waals surface area contributed by atoms with Gasteiger partial charge < -0.3 is 14.5 Å². The summed E-state index contributed by atoms with van der Waals surface area (Å²) in [7, 11) is 0. The van der Waals surface area contributed by atoms with E-state index < -0.39 is 5.60 Å². The van der Waals surface area contributed by atoms with Crippen LogP contribution >= 0.6 is 11.6 Å². The molecule has 1 amide bonds. The molecule has 1 aromatic carbocycles. The molecule has 1 atom stereocenters. The number of allylic oxidation sites excluding steroid dienone is 1. The summed E-state index contributed by atoms with van der Waals surface area (Å²) >= 11 is 5.85. The first-order valence-corrected chi connectivity index (χ1v) is 14.7. The fourth-order valence-electron chi connectivity index (χ4n) is 4.88. The third-order valence-electron chi connectivity index (χ3n) is 6.90. The Morgan fingerprint density at radius 3 is 2.49 bits per heavy atom. The smallest absolute Gasteiger partial charge is 0.410 e. The first-order valence-electron chi connectivity index (χ1n) is 14.3. The van der Waals surface area contributed by atoms with Gasteiger partial charge in [0.15, 0.2) is 0 Å². The molecule has 1 saturated heterocycles. The lowest BCUT2D eigenvalue weighted by atomic mass is 9.99. The van der Waals surface area contributed by atoms with Crippen molar-refractivity contribution in [3.05, 3.63) is 88.1 Å². The van der Waals surface area contributed by atoms with Gasteiger partial charge >= 0.3 is 6.09 Å². The van der Waals surface area contributed by atoms with Gasteiger partial charge in [-0.3, -0.25) is 4.98 Å². The zero-order valence-corrected chi connectivity index (χ0v) is 26.5. The van der Waals surface area contributed by atoms with Crippen LogP contribution in [0.15, 0.2) is 55.0 Å². The number of pyridine rings is 1. The molecule has 0 radical (unpaired) electrons. The molecular formula is C33H44ClN5O2. The van der Waals surface area contributed by atoms with Gasteiger partial charge in [0.25, 0.3) is 0 Å². The van der Waals surface area contributed by atoms with Crippen LogP contribution in [0.3, 0.4) is 0 Å². The van der Waals surface area contributed by atoms with Crippen LogP contribution in [0.25, 0.3) is 5.57 Å². The summed E-state index contributed by atoms with van der Waals surface area (Å²) in [4.78, 5) is 30.2. The maximum absolute atomic E-state index is 12.5. The lowest BCUT2D eigenvalue weighted by molar-refractivity contribution is 0.0218. The number of hydrogen-bond donors (Lipinski definition) is 0. The number of piperazine rings is 1. The summed E-state index contributed by atoms with van der Waals surface area (Å²) in [5.74, 6) is 0.873. The van der Waals surface area contributed by atoms with Crippen LogP contribution in [0.2, 0.25) is 5.02 Å². The molecule has 1 aliphatic rings. The molecule has 0 aliphatic carbocycles. The van der Waals surface area contributed by atoms with Crippen LogP contribution < -0.4 is 4.90 Å². The second kappa shape index (κ2) is 14.4. The van der Waals surface area contributed by atoms with Gasteiger partial charge in [0, 0.05) is 48.0 Å². The van der Waals surface area contributed by atoms with Crippen molar-refractivity contribution in [2.45, 2.75) is 79.9 Å². The van der Waals surface area contributed by atoms with Crippen LogP contribution in [-0.4, -0.2) is 57.2 Å². The number of aryl methyl sites for hydroxylation is 3. The quantitative estimate of drug-likeness (QED) is 0.310. The number of carbonyl (C=O) groups excluding carboxylic acids is 1. The van der Waals surface area contributed by atoms with Crippen LogP contribution in [0.1, 0.15) is 76.0 Å². The van der Waals surface area contributed by atoms with Crippen LogP contribution in [0.5, 0.6) is 0 Å². The van der Waals surface area contributed by atoms with Crippen molar-refractivity contribution >= 4 is 29.1 Å². The number of halogens is 1. The van der Waals surface area contributed by atoms with Crippen LogP contribution in [0.4, 0.5) is 10.6 Å². The normalized spacial score (nSPS) is 15.7. The summed E-state index contributed by atoms with van der Waals surface area (Å²) in [6, 6.07) is 12.0. The van der Waals surface area contributed by atoms with E-state index in [9.17, 15) is 4.79 Å². The number of ether oxygens (including phenoxy) is 1. The second-order valence-corrected chi connectivity index (χ2v) is 11.8.